The van der Waals surface area contributed by atoms with E-state index in [1.807, 2.05) is 19.9 Å². The first-order valence-corrected chi connectivity index (χ1v) is 10.5. The van der Waals surface area contributed by atoms with Crippen molar-refractivity contribution in [2.24, 2.45) is 0 Å². The predicted octanol–water partition coefficient (Wildman–Crippen LogP) is 5.00. The number of esters is 1. The van der Waals surface area contributed by atoms with Crippen LogP contribution in [0.5, 0.6) is 0 Å². The number of rotatable bonds is 6. The summed E-state index contributed by atoms with van der Waals surface area (Å²) >= 11 is 0. The van der Waals surface area contributed by atoms with E-state index >= 15 is 0 Å². The van der Waals surface area contributed by atoms with Crippen molar-refractivity contribution < 1.29 is 18.7 Å². The van der Waals surface area contributed by atoms with Crippen molar-refractivity contribution in [3.8, 4) is 11.3 Å². The Hall–Kier alpha value is -4.07. The summed E-state index contributed by atoms with van der Waals surface area (Å²) in [5.74, 6) is -0.969. The fourth-order valence-corrected chi connectivity index (χ4v) is 3.44. The van der Waals surface area contributed by atoms with Crippen LogP contribution in [0, 0.1) is 5.82 Å². The van der Waals surface area contributed by atoms with Gasteiger partial charge in [0.25, 0.3) is 5.91 Å². The number of nitrogens with zero attached hydrogens (tertiary/aromatic N) is 3. The van der Waals surface area contributed by atoms with Crippen molar-refractivity contribution in [2.75, 3.05) is 5.32 Å². The van der Waals surface area contributed by atoms with Crippen molar-refractivity contribution in [3.63, 3.8) is 0 Å². The number of para-hydroxylation sites is 1. The molecule has 168 valence electrons. The van der Waals surface area contributed by atoms with Crippen molar-refractivity contribution in [3.05, 3.63) is 78.2 Å². The topological polar surface area (TPSA) is 86.1 Å². The van der Waals surface area contributed by atoms with Gasteiger partial charge in [-0.1, -0.05) is 18.2 Å². The van der Waals surface area contributed by atoms with E-state index in [2.05, 4.69) is 15.4 Å². The maximum absolute atomic E-state index is 13.3. The highest BCUT2D eigenvalue weighted by Gasteiger charge is 2.23. The summed E-state index contributed by atoms with van der Waals surface area (Å²) in [7, 11) is 0. The van der Waals surface area contributed by atoms with Crippen LogP contribution in [0.1, 0.15) is 37.2 Å². The molecule has 0 saturated heterocycles. The molecule has 0 saturated carbocycles. The molecule has 1 unspecified atom stereocenters. The van der Waals surface area contributed by atoms with Gasteiger partial charge in [0, 0.05) is 23.1 Å². The van der Waals surface area contributed by atoms with Gasteiger partial charge in [-0.3, -0.25) is 4.79 Å². The minimum absolute atomic E-state index is 0.0567. The van der Waals surface area contributed by atoms with Crippen molar-refractivity contribution >= 4 is 28.6 Å². The molecule has 0 aliphatic carbocycles. The zero-order valence-corrected chi connectivity index (χ0v) is 18.4. The highest BCUT2D eigenvalue weighted by molar-refractivity contribution is 6.06. The van der Waals surface area contributed by atoms with Crippen LogP contribution in [0.3, 0.4) is 0 Å². The number of aromatic nitrogens is 3. The third kappa shape index (κ3) is 4.74. The van der Waals surface area contributed by atoms with E-state index in [9.17, 15) is 14.0 Å². The molecule has 0 bridgehead atoms. The standard InChI is InChI=1S/C25H23FN4O3/c1-15(2)30-23(12-13-27-30)29-24(31)16(3)33-25(32)20-14-22(17-8-10-18(26)11-9-17)28-21-7-5-4-6-19(20)21/h4-16H,1-3H3,(H,29,31). The van der Waals surface area contributed by atoms with Gasteiger partial charge in [-0.25, -0.2) is 18.9 Å². The number of benzene rings is 2. The molecule has 1 atom stereocenters. The lowest BCUT2D eigenvalue weighted by molar-refractivity contribution is -0.123. The smallest absolute Gasteiger partial charge is 0.339 e. The van der Waals surface area contributed by atoms with Crippen molar-refractivity contribution in [1.82, 2.24) is 14.8 Å². The number of fused-ring (bicyclic) bond motifs is 1. The largest absolute Gasteiger partial charge is 0.449 e. The molecule has 0 aliphatic heterocycles. The van der Waals surface area contributed by atoms with Gasteiger partial charge in [0.15, 0.2) is 6.10 Å². The van der Waals surface area contributed by atoms with Crippen molar-refractivity contribution in [1.29, 1.82) is 0 Å². The van der Waals surface area contributed by atoms with E-state index in [4.69, 9.17) is 4.74 Å². The van der Waals surface area contributed by atoms with E-state index in [0.717, 1.165) is 0 Å². The molecule has 4 rings (SSSR count). The normalized spacial score (nSPS) is 12.0. The SMILES string of the molecule is CC(OC(=O)c1cc(-c2ccc(F)cc2)nc2ccccc12)C(=O)Nc1ccnn1C(C)C. The van der Waals surface area contributed by atoms with Crippen LogP contribution in [0.4, 0.5) is 10.2 Å². The van der Waals surface area contributed by atoms with Crippen LogP contribution < -0.4 is 5.32 Å². The Morgan fingerprint density at radius 3 is 2.48 bits per heavy atom. The number of hydrogen-bond acceptors (Lipinski definition) is 5. The van der Waals surface area contributed by atoms with Gasteiger partial charge in [-0.15, -0.1) is 0 Å². The number of nitrogens with one attached hydrogen (secondary N) is 1. The van der Waals surface area contributed by atoms with E-state index in [1.54, 1.807) is 53.3 Å². The predicted molar refractivity (Wildman–Crippen MR) is 123 cm³/mol. The molecule has 0 spiro atoms. The van der Waals surface area contributed by atoms with Crippen LogP contribution in [0.25, 0.3) is 22.2 Å². The lowest BCUT2D eigenvalue weighted by Crippen LogP contribution is -2.31. The molecule has 1 amide bonds. The first kappa shape index (κ1) is 22.1. The van der Waals surface area contributed by atoms with Crippen molar-refractivity contribution in [2.45, 2.75) is 32.9 Å². The maximum Gasteiger partial charge on any atom is 0.339 e. The quantitative estimate of drug-likeness (QED) is 0.421. The number of pyridine rings is 1. The zero-order chi connectivity index (χ0) is 23.5. The molecule has 2 heterocycles. The lowest BCUT2D eigenvalue weighted by Gasteiger charge is -2.16. The van der Waals surface area contributed by atoms with E-state index in [-0.39, 0.29) is 17.4 Å². The maximum atomic E-state index is 13.3. The fraction of sp³-hybridized carbons (Fsp3) is 0.200. The summed E-state index contributed by atoms with van der Waals surface area (Å²) in [4.78, 5) is 30.3. The summed E-state index contributed by atoms with van der Waals surface area (Å²) in [6.07, 6.45) is 0.543. The molecule has 2 aromatic heterocycles. The molecule has 8 heteroatoms. The van der Waals surface area contributed by atoms with Gasteiger partial charge >= 0.3 is 5.97 Å². The molecular weight excluding hydrogens is 423 g/mol. The Kier molecular flexibility index (Phi) is 6.17. The molecule has 7 nitrogen and oxygen atoms in total. The first-order chi connectivity index (χ1) is 15.8. The second-order valence-corrected chi connectivity index (χ2v) is 7.87. The number of carbonyl (C=O) groups excluding carboxylic acids is 2. The minimum atomic E-state index is -1.05. The Labute approximate surface area is 190 Å². The molecule has 2 aromatic carbocycles. The third-order valence-corrected chi connectivity index (χ3v) is 5.14. The van der Waals surface area contributed by atoms with E-state index in [1.165, 1.54) is 19.1 Å². The second kappa shape index (κ2) is 9.20. The Balaban J connectivity index is 1.60. The monoisotopic (exact) mass is 446 g/mol. The molecule has 4 aromatic rings. The summed E-state index contributed by atoms with van der Waals surface area (Å²) in [6, 6.07) is 16.3. The number of anilines is 1. The molecule has 0 radical (unpaired) electrons. The number of ether oxygens (including phenoxy) is 1. The van der Waals surface area contributed by atoms with Gasteiger partial charge in [0.2, 0.25) is 0 Å². The van der Waals surface area contributed by atoms with E-state index in [0.29, 0.717) is 28.0 Å². The third-order valence-electron chi connectivity index (χ3n) is 5.14. The van der Waals surface area contributed by atoms with E-state index < -0.39 is 18.0 Å². The lowest BCUT2D eigenvalue weighted by atomic mass is 10.0. The molecule has 33 heavy (non-hydrogen) atoms. The average Bonchev–Trinajstić information content (AvgIpc) is 3.27. The molecule has 0 fully saturated rings. The van der Waals surface area contributed by atoms with Crippen LogP contribution in [-0.2, 0) is 9.53 Å². The average molecular weight is 446 g/mol. The van der Waals surface area contributed by atoms with Crippen LogP contribution in [-0.4, -0.2) is 32.7 Å². The summed E-state index contributed by atoms with van der Waals surface area (Å²) in [6.45, 7) is 5.40. The molecule has 1 N–H and O–H groups in total. The van der Waals surface area contributed by atoms with Gasteiger partial charge < -0.3 is 10.1 Å². The molecular formula is C25H23FN4O3. The Bertz CT molecular complexity index is 1310. The van der Waals surface area contributed by atoms with Crippen LogP contribution >= 0.6 is 0 Å². The van der Waals surface area contributed by atoms with Gasteiger partial charge in [0.05, 0.1) is 23.0 Å². The number of halogens is 1. The minimum Gasteiger partial charge on any atom is -0.449 e. The number of amides is 1. The highest BCUT2D eigenvalue weighted by Crippen LogP contribution is 2.26. The summed E-state index contributed by atoms with van der Waals surface area (Å²) < 4.78 is 20.5. The Morgan fingerprint density at radius 1 is 1.03 bits per heavy atom. The van der Waals surface area contributed by atoms with Crippen LogP contribution in [0.2, 0.25) is 0 Å². The highest BCUT2D eigenvalue weighted by atomic mass is 19.1. The van der Waals surface area contributed by atoms with Crippen LogP contribution in [0.15, 0.2) is 66.9 Å². The Morgan fingerprint density at radius 2 is 1.76 bits per heavy atom. The fourth-order valence-electron chi connectivity index (χ4n) is 3.44. The molecule has 0 aliphatic rings. The first-order valence-electron chi connectivity index (χ1n) is 10.5. The van der Waals surface area contributed by atoms with Gasteiger partial charge in [-0.2, -0.15) is 5.10 Å². The van der Waals surface area contributed by atoms with Gasteiger partial charge in [-0.05, 0) is 57.2 Å². The van der Waals surface area contributed by atoms with Gasteiger partial charge in [0.1, 0.15) is 11.6 Å². The number of hydrogen-bond donors (Lipinski definition) is 1. The second-order valence-electron chi connectivity index (χ2n) is 7.87. The zero-order valence-electron chi connectivity index (χ0n) is 18.4. The summed E-state index contributed by atoms with van der Waals surface area (Å²) in [5.41, 5.74) is 2.01. The summed E-state index contributed by atoms with van der Waals surface area (Å²) in [5, 5.41) is 7.52. The number of carbonyl (C=O) groups is 2.